The molecule has 0 atom stereocenters. The summed E-state index contributed by atoms with van der Waals surface area (Å²) in [5.74, 6) is 0.652. The highest BCUT2D eigenvalue weighted by Gasteiger charge is 2.26. The molecule has 0 aliphatic carbocycles. The highest BCUT2D eigenvalue weighted by atomic mass is 16.6. The summed E-state index contributed by atoms with van der Waals surface area (Å²) in [6, 6.07) is 11.5. The van der Waals surface area contributed by atoms with Gasteiger partial charge in [-0.15, -0.1) is 0 Å². The maximum absolute atomic E-state index is 13.6. The largest absolute Gasteiger partial charge is 0.371 e. The van der Waals surface area contributed by atoms with Crippen molar-refractivity contribution in [1.82, 2.24) is 14.9 Å². The Balaban J connectivity index is 1.68. The molecule has 9 heteroatoms. The third-order valence-electron chi connectivity index (χ3n) is 6.22. The number of para-hydroxylation sites is 1. The number of aromatic nitrogens is 2. The summed E-state index contributed by atoms with van der Waals surface area (Å²) in [6.07, 6.45) is 2.01. The van der Waals surface area contributed by atoms with Gasteiger partial charge in [0.15, 0.2) is 0 Å². The second kappa shape index (κ2) is 9.40. The van der Waals surface area contributed by atoms with Crippen molar-refractivity contribution in [2.75, 3.05) is 24.5 Å². The van der Waals surface area contributed by atoms with Crippen molar-refractivity contribution in [3.05, 3.63) is 74.3 Å². The second-order valence-corrected chi connectivity index (χ2v) is 8.48. The van der Waals surface area contributed by atoms with Crippen molar-refractivity contribution < 1.29 is 9.72 Å². The second-order valence-electron chi connectivity index (χ2n) is 8.48. The number of fused-ring (bicyclic) bond motifs is 1. The molecule has 1 N–H and O–H groups in total. The molecule has 0 saturated carbocycles. The van der Waals surface area contributed by atoms with E-state index in [1.54, 1.807) is 35.2 Å². The number of aromatic amines is 1. The molecule has 3 aromatic rings. The quantitative estimate of drug-likeness (QED) is 0.453. The summed E-state index contributed by atoms with van der Waals surface area (Å²) in [6.45, 7) is 6.07. The number of rotatable bonds is 6. The molecule has 1 aliphatic heterocycles. The van der Waals surface area contributed by atoms with Gasteiger partial charge in [-0.05, 0) is 43.9 Å². The normalized spacial score (nSPS) is 14.4. The number of carbonyl (C=O) groups is 1. The summed E-state index contributed by atoms with van der Waals surface area (Å²) in [7, 11) is 0. The van der Waals surface area contributed by atoms with E-state index < -0.39 is 4.92 Å². The van der Waals surface area contributed by atoms with E-state index in [-0.39, 0.29) is 23.7 Å². The molecule has 0 spiro atoms. The highest BCUT2D eigenvalue weighted by molar-refractivity contribution is 6.00. The molecule has 1 amide bonds. The number of piperidine rings is 1. The Bertz CT molecular complexity index is 1250. The first kappa shape index (κ1) is 22.4. The number of amides is 1. The van der Waals surface area contributed by atoms with Crippen molar-refractivity contribution in [3.63, 3.8) is 0 Å². The molecule has 0 radical (unpaired) electrons. The average Bonchev–Trinajstić information content (AvgIpc) is 2.82. The van der Waals surface area contributed by atoms with Crippen LogP contribution in [0.4, 0.5) is 11.4 Å². The lowest BCUT2D eigenvalue weighted by atomic mass is 9.97. The fourth-order valence-corrected chi connectivity index (χ4v) is 4.22. The van der Waals surface area contributed by atoms with Crippen molar-refractivity contribution in [2.45, 2.75) is 33.2 Å². The topological polar surface area (TPSA) is 112 Å². The van der Waals surface area contributed by atoms with Gasteiger partial charge in [0.2, 0.25) is 0 Å². The Kier molecular flexibility index (Phi) is 6.39. The maximum Gasteiger partial charge on any atom is 0.270 e. The molecule has 2 heterocycles. The van der Waals surface area contributed by atoms with Gasteiger partial charge in [0.25, 0.3) is 17.2 Å². The molecule has 9 nitrogen and oxygen atoms in total. The lowest BCUT2D eigenvalue weighted by Gasteiger charge is -2.34. The van der Waals surface area contributed by atoms with Crippen molar-refractivity contribution in [1.29, 1.82) is 0 Å². The molecule has 33 heavy (non-hydrogen) atoms. The van der Waals surface area contributed by atoms with Crippen LogP contribution in [-0.2, 0) is 6.54 Å². The summed E-state index contributed by atoms with van der Waals surface area (Å²) < 4.78 is 0. The Morgan fingerprint density at radius 3 is 2.67 bits per heavy atom. The molecular formula is C24H27N5O4. The molecule has 1 aliphatic rings. The molecule has 2 aromatic carbocycles. The first-order chi connectivity index (χ1) is 15.9. The van der Waals surface area contributed by atoms with Crippen LogP contribution in [0.5, 0.6) is 0 Å². The Labute approximate surface area is 191 Å². The van der Waals surface area contributed by atoms with Crippen LogP contribution < -0.4 is 10.5 Å². The third kappa shape index (κ3) is 4.72. The molecule has 1 fully saturated rings. The number of nitro benzene ring substituents is 1. The minimum atomic E-state index is -0.489. The van der Waals surface area contributed by atoms with Crippen molar-refractivity contribution in [2.24, 2.45) is 5.92 Å². The standard InChI is InChI=1S/C24H27N5O4/c1-3-27(15-22-25-20-7-5-4-6-18(20)23(30)26-22)24(31)19-14-17(29(32)33)8-9-21(19)28-12-10-16(2)11-13-28/h4-9,14,16H,3,10-13,15H2,1-2H3,(H,25,26,30). The number of H-pyrrole nitrogens is 1. The average molecular weight is 450 g/mol. The Hall–Kier alpha value is -3.75. The summed E-state index contributed by atoms with van der Waals surface area (Å²) in [5, 5.41) is 11.9. The van der Waals surface area contributed by atoms with E-state index in [9.17, 15) is 19.7 Å². The lowest BCUT2D eigenvalue weighted by molar-refractivity contribution is -0.384. The first-order valence-corrected chi connectivity index (χ1v) is 11.2. The van der Waals surface area contributed by atoms with E-state index >= 15 is 0 Å². The zero-order chi connectivity index (χ0) is 23.5. The molecule has 4 rings (SSSR count). The Morgan fingerprint density at radius 1 is 1.24 bits per heavy atom. The number of non-ortho nitro benzene ring substituents is 1. The van der Waals surface area contributed by atoms with Crippen LogP contribution >= 0.6 is 0 Å². The van der Waals surface area contributed by atoms with Gasteiger partial charge in [-0.2, -0.15) is 0 Å². The van der Waals surface area contributed by atoms with Crippen LogP contribution in [0.1, 0.15) is 42.9 Å². The van der Waals surface area contributed by atoms with Gasteiger partial charge in [-0.1, -0.05) is 19.1 Å². The van der Waals surface area contributed by atoms with Gasteiger partial charge in [0.1, 0.15) is 5.82 Å². The molecular weight excluding hydrogens is 422 g/mol. The third-order valence-corrected chi connectivity index (χ3v) is 6.22. The number of nitro groups is 1. The highest BCUT2D eigenvalue weighted by Crippen LogP contribution is 2.30. The van der Waals surface area contributed by atoms with Crippen LogP contribution in [0.15, 0.2) is 47.3 Å². The van der Waals surface area contributed by atoms with E-state index in [0.717, 1.165) is 25.9 Å². The Morgan fingerprint density at radius 2 is 1.97 bits per heavy atom. The number of anilines is 1. The van der Waals surface area contributed by atoms with Gasteiger partial charge in [-0.25, -0.2) is 4.98 Å². The van der Waals surface area contributed by atoms with Crippen LogP contribution in [0, 0.1) is 16.0 Å². The van der Waals surface area contributed by atoms with Crippen LogP contribution in [0.3, 0.4) is 0 Å². The zero-order valence-electron chi connectivity index (χ0n) is 18.8. The van der Waals surface area contributed by atoms with E-state index in [1.165, 1.54) is 12.1 Å². The monoisotopic (exact) mass is 449 g/mol. The fraction of sp³-hybridized carbons (Fsp3) is 0.375. The van der Waals surface area contributed by atoms with E-state index in [2.05, 4.69) is 21.8 Å². The maximum atomic E-state index is 13.6. The smallest absolute Gasteiger partial charge is 0.270 e. The van der Waals surface area contributed by atoms with Gasteiger partial charge < -0.3 is 14.8 Å². The summed E-state index contributed by atoms with van der Waals surface area (Å²) >= 11 is 0. The predicted octanol–water partition coefficient (Wildman–Crippen LogP) is 3.73. The first-order valence-electron chi connectivity index (χ1n) is 11.2. The van der Waals surface area contributed by atoms with Gasteiger partial charge in [0, 0.05) is 31.8 Å². The van der Waals surface area contributed by atoms with Gasteiger partial charge >= 0.3 is 0 Å². The molecule has 0 bridgehead atoms. The minimum Gasteiger partial charge on any atom is -0.371 e. The molecule has 1 saturated heterocycles. The SMILES string of the molecule is CCN(Cc1nc2ccccc2c(=O)[nH]1)C(=O)c1cc([N+](=O)[O-])ccc1N1CCC(C)CC1. The summed E-state index contributed by atoms with van der Waals surface area (Å²) in [4.78, 5) is 47.9. The number of hydrogen-bond donors (Lipinski definition) is 1. The number of hydrogen-bond acceptors (Lipinski definition) is 6. The number of benzene rings is 2. The fourth-order valence-electron chi connectivity index (χ4n) is 4.22. The zero-order valence-corrected chi connectivity index (χ0v) is 18.8. The number of nitrogens with one attached hydrogen (secondary N) is 1. The van der Waals surface area contributed by atoms with Crippen LogP contribution in [0.25, 0.3) is 10.9 Å². The van der Waals surface area contributed by atoms with E-state index in [1.807, 2.05) is 6.92 Å². The van der Waals surface area contributed by atoms with E-state index in [0.29, 0.717) is 40.4 Å². The number of nitrogens with zero attached hydrogens (tertiary/aromatic N) is 4. The van der Waals surface area contributed by atoms with E-state index in [4.69, 9.17) is 0 Å². The predicted molar refractivity (Wildman–Crippen MR) is 126 cm³/mol. The van der Waals surface area contributed by atoms with Crippen molar-refractivity contribution in [3.8, 4) is 0 Å². The molecule has 0 unspecified atom stereocenters. The van der Waals surface area contributed by atoms with Gasteiger partial charge in [0.05, 0.1) is 33.6 Å². The summed E-state index contributed by atoms with van der Waals surface area (Å²) in [5.41, 5.74) is 1.16. The minimum absolute atomic E-state index is 0.0918. The molecule has 172 valence electrons. The lowest BCUT2D eigenvalue weighted by Crippen LogP contribution is -2.36. The van der Waals surface area contributed by atoms with Crippen LogP contribution in [0.2, 0.25) is 0 Å². The van der Waals surface area contributed by atoms with Crippen LogP contribution in [-0.4, -0.2) is 45.3 Å². The molecule has 1 aromatic heterocycles. The van der Waals surface area contributed by atoms with Crippen molar-refractivity contribution >= 4 is 28.2 Å². The van der Waals surface area contributed by atoms with Gasteiger partial charge in [-0.3, -0.25) is 19.7 Å². The number of carbonyl (C=O) groups excluding carboxylic acids is 1.